The smallest absolute Gasteiger partial charge is 0.182 e. The number of hydrogen-bond acceptors (Lipinski definition) is 5. The van der Waals surface area contributed by atoms with E-state index in [0.717, 1.165) is 5.82 Å². The molecule has 2 N–H and O–H groups in total. The number of nitriles is 1. The Morgan fingerprint density at radius 2 is 2.14 bits per heavy atom. The van der Waals surface area contributed by atoms with Crippen LogP contribution in [0.15, 0.2) is 6.07 Å². The highest BCUT2D eigenvalue weighted by molar-refractivity contribution is 5.50. The molecule has 0 spiro atoms. The SMILES string of the molecule is Cc1nc(NC#N)cc(NC2CC2)n1. The van der Waals surface area contributed by atoms with Gasteiger partial charge < -0.3 is 5.32 Å². The third kappa shape index (κ3) is 2.10. The molecule has 14 heavy (non-hydrogen) atoms. The van der Waals surface area contributed by atoms with Crippen molar-refractivity contribution in [2.45, 2.75) is 25.8 Å². The Labute approximate surface area is 82.2 Å². The molecule has 1 aromatic heterocycles. The second-order valence-electron chi connectivity index (χ2n) is 3.34. The van der Waals surface area contributed by atoms with Gasteiger partial charge >= 0.3 is 0 Å². The second-order valence-corrected chi connectivity index (χ2v) is 3.34. The molecule has 5 nitrogen and oxygen atoms in total. The molecule has 0 radical (unpaired) electrons. The molecule has 5 heteroatoms. The molecule has 0 bridgehead atoms. The number of hydrogen-bond donors (Lipinski definition) is 2. The van der Waals surface area contributed by atoms with Crippen LogP contribution in [0.5, 0.6) is 0 Å². The standard InChI is InChI=1S/C9H11N5/c1-6-12-8(11-5-10)4-9(13-6)14-7-2-3-7/h4,7H,2-3H2,1H3,(H2,11,12,13,14). The molecule has 1 saturated carbocycles. The summed E-state index contributed by atoms with van der Waals surface area (Å²) in [6.07, 6.45) is 4.24. The van der Waals surface area contributed by atoms with Crippen molar-refractivity contribution < 1.29 is 0 Å². The van der Waals surface area contributed by atoms with E-state index in [2.05, 4.69) is 20.6 Å². The summed E-state index contributed by atoms with van der Waals surface area (Å²) in [6, 6.07) is 2.30. The Balaban J connectivity index is 2.17. The molecule has 1 heterocycles. The summed E-state index contributed by atoms with van der Waals surface area (Å²) >= 11 is 0. The first-order valence-electron chi connectivity index (χ1n) is 4.55. The first-order valence-corrected chi connectivity index (χ1v) is 4.55. The van der Waals surface area contributed by atoms with Crippen LogP contribution in [0.3, 0.4) is 0 Å². The van der Waals surface area contributed by atoms with Gasteiger partial charge in [0.15, 0.2) is 6.19 Å². The lowest BCUT2D eigenvalue weighted by atomic mass is 10.4. The van der Waals surface area contributed by atoms with E-state index in [9.17, 15) is 0 Å². The predicted octanol–water partition coefficient (Wildman–Crippen LogP) is 1.25. The Morgan fingerprint density at radius 1 is 1.43 bits per heavy atom. The molecule has 0 aliphatic heterocycles. The van der Waals surface area contributed by atoms with Gasteiger partial charge in [-0.25, -0.2) is 9.97 Å². The first kappa shape index (κ1) is 8.75. The Kier molecular flexibility index (Phi) is 2.19. The van der Waals surface area contributed by atoms with Gasteiger partial charge in [0.25, 0.3) is 0 Å². The maximum Gasteiger partial charge on any atom is 0.182 e. The summed E-state index contributed by atoms with van der Waals surface area (Å²) in [4.78, 5) is 8.29. The molecule has 2 rings (SSSR count). The van der Waals surface area contributed by atoms with Gasteiger partial charge in [-0.05, 0) is 19.8 Å². The first-order chi connectivity index (χ1) is 6.78. The monoisotopic (exact) mass is 189 g/mol. The summed E-state index contributed by atoms with van der Waals surface area (Å²) in [5.41, 5.74) is 0. The molecule has 1 fully saturated rings. The quantitative estimate of drug-likeness (QED) is 0.553. The van der Waals surface area contributed by atoms with E-state index in [1.54, 1.807) is 13.0 Å². The highest BCUT2D eigenvalue weighted by Gasteiger charge is 2.21. The Morgan fingerprint density at radius 3 is 2.79 bits per heavy atom. The van der Waals surface area contributed by atoms with Crippen LogP contribution in [0.4, 0.5) is 11.6 Å². The minimum absolute atomic E-state index is 0.545. The van der Waals surface area contributed by atoms with E-state index in [0.29, 0.717) is 17.7 Å². The number of nitrogens with one attached hydrogen (secondary N) is 2. The molecule has 0 amide bonds. The van der Waals surface area contributed by atoms with E-state index in [4.69, 9.17) is 5.26 Å². The van der Waals surface area contributed by atoms with Gasteiger partial charge in [-0.2, -0.15) is 5.26 Å². The average Bonchev–Trinajstić information content (AvgIpc) is 2.87. The highest BCUT2D eigenvalue weighted by atomic mass is 15.1. The molecule has 1 aliphatic rings. The van der Waals surface area contributed by atoms with Crippen LogP contribution in [0.25, 0.3) is 0 Å². The average molecular weight is 189 g/mol. The van der Waals surface area contributed by atoms with Gasteiger partial charge in [0.05, 0.1) is 0 Å². The largest absolute Gasteiger partial charge is 0.367 e. The number of nitrogens with zero attached hydrogens (tertiary/aromatic N) is 3. The minimum Gasteiger partial charge on any atom is -0.367 e. The van der Waals surface area contributed by atoms with E-state index in [1.807, 2.05) is 6.19 Å². The lowest BCUT2D eigenvalue weighted by Gasteiger charge is -2.05. The van der Waals surface area contributed by atoms with Gasteiger partial charge in [-0.3, -0.25) is 5.32 Å². The number of anilines is 2. The minimum atomic E-state index is 0.545. The molecule has 1 aromatic rings. The van der Waals surface area contributed by atoms with Gasteiger partial charge in [0, 0.05) is 12.1 Å². The normalized spacial score (nSPS) is 14.6. The summed E-state index contributed by atoms with van der Waals surface area (Å²) in [5.74, 6) is 1.99. The Bertz CT molecular complexity index is 377. The number of aryl methyl sites for hydroxylation is 1. The van der Waals surface area contributed by atoms with Crippen molar-refractivity contribution in [3.63, 3.8) is 0 Å². The fourth-order valence-corrected chi connectivity index (χ4v) is 1.20. The third-order valence-corrected chi connectivity index (χ3v) is 1.95. The van der Waals surface area contributed by atoms with E-state index in [-0.39, 0.29) is 0 Å². The van der Waals surface area contributed by atoms with Crippen molar-refractivity contribution in [1.29, 1.82) is 5.26 Å². The molecule has 0 saturated heterocycles. The molecular formula is C9H11N5. The van der Waals surface area contributed by atoms with Crippen molar-refractivity contribution in [2.75, 3.05) is 10.6 Å². The third-order valence-electron chi connectivity index (χ3n) is 1.95. The molecule has 0 aromatic carbocycles. The van der Waals surface area contributed by atoms with Gasteiger partial charge in [0.1, 0.15) is 17.5 Å². The van der Waals surface area contributed by atoms with Crippen LogP contribution >= 0.6 is 0 Å². The molecule has 1 aliphatic carbocycles. The highest BCUT2D eigenvalue weighted by Crippen LogP contribution is 2.24. The fourth-order valence-electron chi connectivity index (χ4n) is 1.20. The topological polar surface area (TPSA) is 73.6 Å². The zero-order chi connectivity index (χ0) is 9.97. The van der Waals surface area contributed by atoms with Crippen molar-refractivity contribution in [1.82, 2.24) is 9.97 Å². The maximum absolute atomic E-state index is 8.45. The lowest BCUT2D eigenvalue weighted by Crippen LogP contribution is -2.06. The van der Waals surface area contributed by atoms with Crippen molar-refractivity contribution in [3.8, 4) is 6.19 Å². The van der Waals surface area contributed by atoms with Crippen molar-refractivity contribution >= 4 is 11.6 Å². The van der Waals surface area contributed by atoms with Crippen LogP contribution in [-0.2, 0) is 0 Å². The van der Waals surface area contributed by atoms with Crippen LogP contribution in [-0.4, -0.2) is 16.0 Å². The summed E-state index contributed by atoms with van der Waals surface area (Å²) < 4.78 is 0. The van der Waals surface area contributed by atoms with Gasteiger partial charge in [-0.15, -0.1) is 0 Å². The van der Waals surface area contributed by atoms with Gasteiger partial charge in [0.2, 0.25) is 0 Å². The molecular weight excluding hydrogens is 178 g/mol. The predicted molar refractivity (Wildman–Crippen MR) is 52.6 cm³/mol. The Hall–Kier alpha value is -1.83. The molecule has 0 atom stereocenters. The number of aromatic nitrogens is 2. The summed E-state index contributed by atoms with van der Waals surface area (Å²) in [5, 5.41) is 14.2. The van der Waals surface area contributed by atoms with Crippen LogP contribution < -0.4 is 10.6 Å². The van der Waals surface area contributed by atoms with Gasteiger partial charge in [-0.1, -0.05) is 0 Å². The maximum atomic E-state index is 8.45. The van der Waals surface area contributed by atoms with E-state index >= 15 is 0 Å². The summed E-state index contributed by atoms with van der Waals surface area (Å²) in [7, 11) is 0. The van der Waals surface area contributed by atoms with Crippen LogP contribution in [0.2, 0.25) is 0 Å². The van der Waals surface area contributed by atoms with Crippen LogP contribution in [0.1, 0.15) is 18.7 Å². The van der Waals surface area contributed by atoms with E-state index in [1.165, 1.54) is 12.8 Å². The second kappa shape index (κ2) is 3.50. The summed E-state index contributed by atoms with van der Waals surface area (Å²) in [6.45, 7) is 1.81. The molecule has 72 valence electrons. The van der Waals surface area contributed by atoms with Crippen molar-refractivity contribution in [3.05, 3.63) is 11.9 Å². The van der Waals surface area contributed by atoms with E-state index < -0.39 is 0 Å². The zero-order valence-electron chi connectivity index (χ0n) is 7.91. The number of rotatable bonds is 3. The fraction of sp³-hybridized carbons (Fsp3) is 0.444. The molecule has 0 unspecified atom stereocenters. The van der Waals surface area contributed by atoms with Crippen molar-refractivity contribution in [2.24, 2.45) is 0 Å². The zero-order valence-corrected chi connectivity index (χ0v) is 7.91. The van der Waals surface area contributed by atoms with Crippen LogP contribution in [0, 0.1) is 18.4 Å². The lowest BCUT2D eigenvalue weighted by molar-refractivity contribution is 1.02.